The summed E-state index contributed by atoms with van der Waals surface area (Å²) >= 11 is 0. The predicted octanol–water partition coefficient (Wildman–Crippen LogP) is 1.82. The Hall–Kier alpha value is -0.810. The van der Waals surface area contributed by atoms with Crippen LogP contribution in [0.1, 0.15) is 46.5 Å². The van der Waals surface area contributed by atoms with Gasteiger partial charge in [-0.15, -0.1) is 0 Å². The zero-order valence-electron chi connectivity index (χ0n) is 13.6. The normalized spacial score (nSPS) is 31.5. The molecule has 3 rings (SSSR count). The molecule has 5 heteroatoms. The van der Waals surface area contributed by atoms with Gasteiger partial charge in [0.05, 0.1) is 0 Å². The highest BCUT2D eigenvalue weighted by molar-refractivity contribution is 5.69. The molecule has 0 aromatic rings. The summed E-state index contributed by atoms with van der Waals surface area (Å²) in [5, 5.41) is 3.43. The summed E-state index contributed by atoms with van der Waals surface area (Å²) < 4.78 is 5.60. The molecule has 0 aliphatic carbocycles. The summed E-state index contributed by atoms with van der Waals surface area (Å²) in [5.41, 5.74) is -0.400. The van der Waals surface area contributed by atoms with Gasteiger partial charge in [-0.25, -0.2) is 4.79 Å². The molecule has 2 unspecified atom stereocenters. The van der Waals surface area contributed by atoms with Gasteiger partial charge in [-0.3, -0.25) is 9.80 Å². The number of nitrogens with zero attached hydrogens (tertiary/aromatic N) is 2. The van der Waals surface area contributed by atoms with Gasteiger partial charge in [-0.2, -0.15) is 0 Å². The largest absolute Gasteiger partial charge is 0.444 e. The Balaban J connectivity index is 1.62. The first kappa shape index (κ1) is 15.1. The number of rotatable bonds is 1. The van der Waals surface area contributed by atoms with E-state index >= 15 is 0 Å². The summed E-state index contributed by atoms with van der Waals surface area (Å²) in [4.78, 5) is 17.1. The fraction of sp³-hybridized carbons (Fsp3) is 0.938. The van der Waals surface area contributed by atoms with Crippen molar-refractivity contribution in [3.8, 4) is 0 Å². The molecule has 2 bridgehead atoms. The van der Waals surface area contributed by atoms with Crippen molar-refractivity contribution in [1.29, 1.82) is 0 Å². The Kier molecular flexibility index (Phi) is 4.14. The SMILES string of the molecule is CC(C)(C)OC(=O)N1C2CCC1CN(C1CCNCC1)C2. The molecule has 1 amide bonds. The lowest BCUT2D eigenvalue weighted by molar-refractivity contribution is -0.0132. The van der Waals surface area contributed by atoms with Crippen LogP contribution < -0.4 is 5.32 Å². The van der Waals surface area contributed by atoms with Gasteiger partial charge in [0.1, 0.15) is 5.60 Å². The first-order valence-electron chi connectivity index (χ1n) is 8.40. The van der Waals surface area contributed by atoms with Gasteiger partial charge >= 0.3 is 6.09 Å². The third-order valence-electron chi connectivity index (χ3n) is 4.94. The second-order valence-corrected chi connectivity index (χ2v) is 7.71. The number of amides is 1. The molecular formula is C16H29N3O2. The first-order chi connectivity index (χ1) is 9.94. The molecule has 5 nitrogen and oxygen atoms in total. The minimum atomic E-state index is -0.400. The maximum atomic E-state index is 12.4. The lowest BCUT2D eigenvalue weighted by atomic mass is 10.0. The number of likely N-dealkylation sites (tertiary alicyclic amines) is 1. The zero-order chi connectivity index (χ0) is 15.0. The Bertz CT molecular complexity index is 373. The summed E-state index contributed by atoms with van der Waals surface area (Å²) in [6, 6.07) is 1.41. The van der Waals surface area contributed by atoms with Crippen LogP contribution in [0.15, 0.2) is 0 Å². The molecule has 3 aliphatic rings. The number of carbonyl (C=O) groups excluding carboxylic acids is 1. The van der Waals surface area contributed by atoms with Crippen molar-refractivity contribution in [3.63, 3.8) is 0 Å². The van der Waals surface area contributed by atoms with E-state index in [1.807, 2.05) is 25.7 Å². The molecule has 0 spiro atoms. The average Bonchev–Trinajstić information content (AvgIpc) is 2.69. The van der Waals surface area contributed by atoms with Gasteiger partial charge in [0.15, 0.2) is 0 Å². The molecular weight excluding hydrogens is 266 g/mol. The molecule has 21 heavy (non-hydrogen) atoms. The topological polar surface area (TPSA) is 44.8 Å². The highest BCUT2D eigenvalue weighted by Crippen LogP contribution is 2.33. The molecule has 0 aromatic heterocycles. The standard InChI is InChI=1S/C16H29N3O2/c1-16(2,3)21-15(20)19-13-4-5-14(19)11-18(10-13)12-6-8-17-9-7-12/h12-14,17H,4-11H2,1-3H3. The molecule has 3 aliphatic heterocycles. The molecule has 0 saturated carbocycles. The van der Waals surface area contributed by atoms with Gasteiger partial charge in [-0.05, 0) is 59.5 Å². The maximum absolute atomic E-state index is 12.4. The minimum absolute atomic E-state index is 0.111. The van der Waals surface area contributed by atoms with E-state index in [-0.39, 0.29) is 6.09 Å². The van der Waals surface area contributed by atoms with Crippen molar-refractivity contribution in [2.24, 2.45) is 0 Å². The number of piperazine rings is 1. The summed E-state index contributed by atoms with van der Waals surface area (Å²) in [7, 11) is 0. The van der Waals surface area contributed by atoms with Crippen LogP contribution in [0.25, 0.3) is 0 Å². The maximum Gasteiger partial charge on any atom is 0.410 e. The number of carbonyl (C=O) groups is 1. The third-order valence-corrected chi connectivity index (χ3v) is 4.94. The number of nitrogens with one attached hydrogen (secondary N) is 1. The van der Waals surface area contributed by atoms with Gasteiger partial charge < -0.3 is 10.1 Å². The Labute approximate surface area is 128 Å². The fourth-order valence-corrected chi connectivity index (χ4v) is 4.02. The van der Waals surface area contributed by atoms with Crippen molar-refractivity contribution in [3.05, 3.63) is 0 Å². The highest BCUT2D eigenvalue weighted by atomic mass is 16.6. The van der Waals surface area contributed by atoms with Crippen LogP contribution in [0.4, 0.5) is 4.79 Å². The lowest BCUT2D eigenvalue weighted by Gasteiger charge is -2.45. The van der Waals surface area contributed by atoms with Crippen LogP contribution in [0.3, 0.4) is 0 Å². The Morgan fingerprint density at radius 3 is 2.10 bits per heavy atom. The molecule has 0 radical (unpaired) electrons. The molecule has 3 fully saturated rings. The monoisotopic (exact) mass is 295 g/mol. The second-order valence-electron chi connectivity index (χ2n) is 7.71. The molecule has 2 atom stereocenters. The van der Waals surface area contributed by atoms with Crippen molar-refractivity contribution >= 4 is 6.09 Å². The van der Waals surface area contributed by atoms with E-state index in [0.29, 0.717) is 18.1 Å². The number of fused-ring (bicyclic) bond motifs is 2. The third kappa shape index (κ3) is 3.34. The smallest absolute Gasteiger partial charge is 0.410 e. The molecule has 3 saturated heterocycles. The van der Waals surface area contributed by atoms with Crippen LogP contribution in [-0.4, -0.2) is 65.8 Å². The zero-order valence-corrected chi connectivity index (χ0v) is 13.6. The van der Waals surface area contributed by atoms with Crippen molar-refractivity contribution < 1.29 is 9.53 Å². The summed E-state index contributed by atoms with van der Waals surface area (Å²) in [5.74, 6) is 0. The van der Waals surface area contributed by atoms with Crippen LogP contribution in [0, 0.1) is 0 Å². The minimum Gasteiger partial charge on any atom is -0.444 e. The van der Waals surface area contributed by atoms with Crippen LogP contribution >= 0.6 is 0 Å². The van der Waals surface area contributed by atoms with Crippen molar-refractivity contribution in [2.75, 3.05) is 26.2 Å². The van der Waals surface area contributed by atoms with Crippen molar-refractivity contribution in [2.45, 2.75) is 70.2 Å². The highest BCUT2D eigenvalue weighted by Gasteiger charge is 2.45. The van der Waals surface area contributed by atoms with Gasteiger partial charge in [-0.1, -0.05) is 0 Å². The molecule has 0 aromatic carbocycles. The van der Waals surface area contributed by atoms with Gasteiger partial charge in [0.25, 0.3) is 0 Å². The fourth-order valence-electron chi connectivity index (χ4n) is 4.02. The van der Waals surface area contributed by atoms with Crippen LogP contribution in [0.2, 0.25) is 0 Å². The van der Waals surface area contributed by atoms with Gasteiger partial charge in [0.2, 0.25) is 0 Å². The van der Waals surface area contributed by atoms with Gasteiger partial charge in [0, 0.05) is 31.2 Å². The Morgan fingerprint density at radius 1 is 1.00 bits per heavy atom. The van der Waals surface area contributed by atoms with Crippen LogP contribution in [-0.2, 0) is 4.74 Å². The molecule has 3 heterocycles. The Morgan fingerprint density at radius 2 is 1.57 bits per heavy atom. The second kappa shape index (κ2) is 5.76. The van der Waals surface area contributed by atoms with E-state index in [4.69, 9.17) is 4.74 Å². The number of ether oxygens (including phenoxy) is 1. The predicted molar refractivity (Wildman–Crippen MR) is 82.3 cm³/mol. The van der Waals surface area contributed by atoms with E-state index in [1.165, 1.54) is 12.8 Å². The van der Waals surface area contributed by atoms with Crippen molar-refractivity contribution in [1.82, 2.24) is 15.1 Å². The molecule has 120 valence electrons. The van der Waals surface area contributed by atoms with E-state index in [2.05, 4.69) is 10.2 Å². The lowest BCUT2D eigenvalue weighted by Crippen LogP contribution is -2.59. The quantitative estimate of drug-likeness (QED) is 0.801. The molecule has 1 N–H and O–H groups in total. The van der Waals surface area contributed by atoms with E-state index in [9.17, 15) is 4.79 Å². The first-order valence-corrected chi connectivity index (χ1v) is 8.40. The number of hydrogen-bond acceptors (Lipinski definition) is 4. The van der Waals surface area contributed by atoms with E-state index in [0.717, 1.165) is 39.0 Å². The number of piperidine rings is 1. The summed E-state index contributed by atoms with van der Waals surface area (Å²) in [6.07, 6.45) is 4.63. The van der Waals surface area contributed by atoms with E-state index in [1.54, 1.807) is 0 Å². The van der Waals surface area contributed by atoms with Crippen LogP contribution in [0.5, 0.6) is 0 Å². The average molecular weight is 295 g/mol. The van der Waals surface area contributed by atoms with E-state index < -0.39 is 5.60 Å². The summed E-state index contributed by atoms with van der Waals surface area (Å²) in [6.45, 7) is 10.1. The number of hydrogen-bond donors (Lipinski definition) is 1.